The third kappa shape index (κ3) is 1.84. The van der Waals surface area contributed by atoms with Gasteiger partial charge in [-0.15, -0.1) is 0 Å². The minimum atomic E-state index is 0.739. The van der Waals surface area contributed by atoms with Crippen LogP contribution in [0, 0.1) is 0 Å². The molecule has 4 aromatic rings. The van der Waals surface area contributed by atoms with Crippen molar-refractivity contribution in [3.8, 4) is 17.0 Å². The monoisotopic (exact) mass is 279 g/mol. The maximum Gasteiger partial charge on any atom is 0.138 e. The second kappa shape index (κ2) is 4.31. The molecule has 0 bridgehead atoms. The highest BCUT2D eigenvalue weighted by Crippen LogP contribution is 2.29. The summed E-state index contributed by atoms with van der Waals surface area (Å²) < 4.78 is 7.02. The highest BCUT2D eigenvalue weighted by atomic mass is 16.5. The van der Waals surface area contributed by atoms with Crippen LogP contribution in [-0.2, 0) is 7.05 Å². The van der Waals surface area contributed by atoms with E-state index in [-0.39, 0.29) is 0 Å². The van der Waals surface area contributed by atoms with Crippen LogP contribution in [0.25, 0.3) is 33.2 Å². The highest BCUT2D eigenvalue weighted by molar-refractivity contribution is 6.06. The number of fused-ring (bicyclic) bond motifs is 3. The molecule has 6 heteroatoms. The summed E-state index contributed by atoms with van der Waals surface area (Å²) in [5, 5.41) is 6.29. The van der Waals surface area contributed by atoms with E-state index in [9.17, 15) is 0 Å². The largest absolute Gasteiger partial charge is 0.495 e. The lowest BCUT2D eigenvalue weighted by molar-refractivity contribution is 0.414. The Morgan fingerprint density at radius 2 is 2.00 bits per heavy atom. The number of ether oxygens (including phenoxy) is 1. The van der Waals surface area contributed by atoms with Gasteiger partial charge in [0, 0.05) is 29.6 Å². The summed E-state index contributed by atoms with van der Waals surface area (Å²) in [6.07, 6.45) is 7.28. The van der Waals surface area contributed by atoms with E-state index in [1.165, 1.54) is 0 Å². The molecule has 6 nitrogen and oxygen atoms in total. The van der Waals surface area contributed by atoms with Gasteiger partial charge in [-0.05, 0) is 12.1 Å². The Balaban J connectivity index is 1.98. The van der Waals surface area contributed by atoms with E-state index >= 15 is 0 Å². The maximum absolute atomic E-state index is 5.25. The van der Waals surface area contributed by atoms with Gasteiger partial charge in [0.2, 0.25) is 0 Å². The molecule has 4 heterocycles. The summed E-state index contributed by atoms with van der Waals surface area (Å²) in [4.78, 5) is 12.1. The fraction of sp³-hybridized carbons (Fsp3) is 0.133. The Labute approximate surface area is 120 Å². The summed E-state index contributed by atoms with van der Waals surface area (Å²) in [5.41, 5.74) is 3.67. The van der Waals surface area contributed by atoms with Crippen LogP contribution < -0.4 is 4.74 Å². The fourth-order valence-electron chi connectivity index (χ4n) is 2.48. The Kier molecular flexibility index (Phi) is 2.44. The van der Waals surface area contributed by atoms with E-state index in [1.807, 2.05) is 37.8 Å². The zero-order valence-electron chi connectivity index (χ0n) is 11.7. The van der Waals surface area contributed by atoms with Crippen LogP contribution in [0.4, 0.5) is 0 Å². The number of pyridine rings is 2. The van der Waals surface area contributed by atoms with Crippen molar-refractivity contribution in [2.75, 3.05) is 7.11 Å². The van der Waals surface area contributed by atoms with Crippen LogP contribution in [-0.4, -0.2) is 31.8 Å². The lowest BCUT2D eigenvalue weighted by Crippen LogP contribution is -1.85. The van der Waals surface area contributed by atoms with Gasteiger partial charge in [0.05, 0.1) is 36.9 Å². The average molecular weight is 279 g/mol. The van der Waals surface area contributed by atoms with Crippen LogP contribution >= 0.6 is 0 Å². The molecule has 1 N–H and O–H groups in total. The second-order valence-corrected chi connectivity index (χ2v) is 4.91. The first-order valence-electron chi connectivity index (χ1n) is 6.55. The van der Waals surface area contributed by atoms with E-state index < -0.39 is 0 Å². The van der Waals surface area contributed by atoms with E-state index in [0.29, 0.717) is 0 Å². The van der Waals surface area contributed by atoms with Crippen molar-refractivity contribution in [2.24, 2.45) is 7.05 Å². The summed E-state index contributed by atoms with van der Waals surface area (Å²) in [6.45, 7) is 0. The first kappa shape index (κ1) is 11.9. The molecule has 21 heavy (non-hydrogen) atoms. The zero-order chi connectivity index (χ0) is 14.4. The quantitative estimate of drug-likeness (QED) is 0.612. The SMILES string of the molecule is COc1cnc2[nH]c3cnc(-c4cnn(C)c4)cc3c2c1. The predicted octanol–water partition coefficient (Wildman–Crippen LogP) is 2.52. The van der Waals surface area contributed by atoms with Crippen molar-refractivity contribution in [2.45, 2.75) is 0 Å². The molecule has 0 unspecified atom stereocenters. The number of aryl methyl sites for hydroxylation is 1. The lowest BCUT2D eigenvalue weighted by atomic mass is 10.1. The van der Waals surface area contributed by atoms with Crippen LogP contribution in [0.3, 0.4) is 0 Å². The van der Waals surface area contributed by atoms with Crippen molar-refractivity contribution in [1.82, 2.24) is 24.7 Å². The molecule has 104 valence electrons. The zero-order valence-corrected chi connectivity index (χ0v) is 11.7. The Hall–Kier alpha value is -2.89. The molecule has 0 saturated carbocycles. The summed E-state index contributed by atoms with van der Waals surface area (Å²) in [6, 6.07) is 4.03. The maximum atomic E-state index is 5.25. The van der Waals surface area contributed by atoms with E-state index in [1.54, 1.807) is 18.0 Å². The van der Waals surface area contributed by atoms with Crippen molar-refractivity contribution in [3.63, 3.8) is 0 Å². The van der Waals surface area contributed by atoms with E-state index in [2.05, 4.69) is 20.1 Å². The molecular weight excluding hydrogens is 266 g/mol. The number of aromatic nitrogens is 5. The fourth-order valence-corrected chi connectivity index (χ4v) is 2.48. The molecule has 0 aromatic carbocycles. The Morgan fingerprint density at radius 1 is 1.10 bits per heavy atom. The van der Waals surface area contributed by atoms with Gasteiger partial charge in [-0.25, -0.2) is 4.98 Å². The molecule has 0 aliphatic rings. The van der Waals surface area contributed by atoms with Crippen LogP contribution in [0.1, 0.15) is 0 Å². The molecule has 0 saturated heterocycles. The van der Waals surface area contributed by atoms with Gasteiger partial charge in [-0.3, -0.25) is 9.67 Å². The van der Waals surface area contributed by atoms with Gasteiger partial charge in [-0.2, -0.15) is 5.10 Å². The number of rotatable bonds is 2. The topological polar surface area (TPSA) is 68.6 Å². The smallest absolute Gasteiger partial charge is 0.138 e. The molecule has 4 aromatic heterocycles. The summed E-state index contributed by atoms with van der Waals surface area (Å²) in [7, 11) is 3.53. The first-order valence-corrected chi connectivity index (χ1v) is 6.55. The van der Waals surface area contributed by atoms with Gasteiger partial charge < -0.3 is 9.72 Å². The van der Waals surface area contributed by atoms with Gasteiger partial charge >= 0.3 is 0 Å². The summed E-state index contributed by atoms with van der Waals surface area (Å²) in [5.74, 6) is 0.739. The summed E-state index contributed by atoms with van der Waals surface area (Å²) >= 11 is 0. The molecule has 0 radical (unpaired) electrons. The standard InChI is InChI=1S/C15H13N5O/c1-20-8-9(5-18-20)13-4-11-12-3-10(21-2)6-17-15(12)19-14(11)7-16-13/h3-8H,1-2H3,(H,17,19). The van der Waals surface area contributed by atoms with Crippen LogP contribution in [0.15, 0.2) is 36.9 Å². The molecule has 0 fully saturated rings. The van der Waals surface area contributed by atoms with Crippen molar-refractivity contribution in [1.29, 1.82) is 0 Å². The minimum Gasteiger partial charge on any atom is -0.495 e. The second-order valence-electron chi connectivity index (χ2n) is 4.91. The molecule has 0 aliphatic heterocycles. The number of methoxy groups -OCH3 is 1. The number of hydrogen-bond acceptors (Lipinski definition) is 4. The molecule has 0 aliphatic carbocycles. The normalized spacial score (nSPS) is 11.3. The number of nitrogens with zero attached hydrogens (tertiary/aromatic N) is 4. The first-order chi connectivity index (χ1) is 10.2. The molecular formula is C15H13N5O. The van der Waals surface area contributed by atoms with Gasteiger partial charge in [-0.1, -0.05) is 0 Å². The Morgan fingerprint density at radius 3 is 2.76 bits per heavy atom. The van der Waals surface area contributed by atoms with Gasteiger partial charge in [0.1, 0.15) is 11.4 Å². The number of nitrogens with one attached hydrogen (secondary N) is 1. The van der Waals surface area contributed by atoms with Crippen molar-refractivity contribution >= 4 is 21.9 Å². The number of H-pyrrole nitrogens is 1. The Bertz CT molecular complexity index is 953. The molecule has 4 rings (SSSR count). The lowest BCUT2D eigenvalue weighted by Gasteiger charge is -1.99. The van der Waals surface area contributed by atoms with Gasteiger partial charge in [0.15, 0.2) is 0 Å². The molecule has 0 spiro atoms. The van der Waals surface area contributed by atoms with Crippen LogP contribution in [0.5, 0.6) is 5.75 Å². The molecule has 0 amide bonds. The average Bonchev–Trinajstić information content (AvgIpc) is 3.09. The van der Waals surface area contributed by atoms with E-state index in [4.69, 9.17) is 4.74 Å². The van der Waals surface area contributed by atoms with Crippen molar-refractivity contribution in [3.05, 3.63) is 36.9 Å². The number of aromatic amines is 1. The number of hydrogen-bond donors (Lipinski definition) is 1. The third-order valence-electron chi connectivity index (χ3n) is 3.55. The van der Waals surface area contributed by atoms with E-state index in [0.717, 1.165) is 38.9 Å². The minimum absolute atomic E-state index is 0.739. The highest BCUT2D eigenvalue weighted by Gasteiger charge is 2.10. The predicted molar refractivity (Wildman–Crippen MR) is 80.1 cm³/mol. The van der Waals surface area contributed by atoms with Gasteiger partial charge in [0.25, 0.3) is 0 Å². The van der Waals surface area contributed by atoms with Crippen molar-refractivity contribution < 1.29 is 4.74 Å². The third-order valence-corrected chi connectivity index (χ3v) is 3.55. The van der Waals surface area contributed by atoms with Crippen LogP contribution in [0.2, 0.25) is 0 Å². The molecule has 0 atom stereocenters.